The number of primary amides is 2. The van der Waals surface area contributed by atoms with Gasteiger partial charge in [0.05, 0.1) is 50.7 Å². The van der Waals surface area contributed by atoms with Crippen molar-refractivity contribution >= 4 is 118 Å². The maximum Gasteiger partial charge on any atom is 0.328 e. The van der Waals surface area contributed by atoms with E-state index < -0.39 is 267 Å². The molecule has 0 aromatic heterocycles. The number of aromatic hydroxyl groups is 1. The van der Waals surface area contributed by atoms with Crippen molar-refractivity contribution in [1.29, 1.82) is 0 Å². The van der Waals surface area contributed by atoms with Crippen molar-refractivity contribution in [3.05, 3.63) is 65.7 Å². The molecule has 0 saturated carbocycles. The Bertz CT molecular complexity index is 3880. The molecule has 3 rings (SSSR count). The van der Waals surface area contributed by atoms with Crippen LogP contribution >= 0.6 is 11.8 Å². The minimum Gasteiger partial charge on any atom is -0.508 e. The number of nitrogens with two attached hydrogens (primary N) is 4. The number of nitrogens with one attached hydrogen (secondary N) is 14. The number of benzene rings is 2. The molecule has 2 aromatic carbocycles. The standard InChI is InChI=1S/C77H121N19O25S/c1-38(2)31-51(70(113)92-60(39(3)4)74(117)95-63(42(7)101)77(120)121)89-73(116)55-18-14-29-96(55)76(119)62(41(6)100)94-67(110)49(24-26-57(81)104)87-71(114)53(36-97)90-65(108)47(17-12-13-28-78)85-66(109)48(23-25-56(80)103)86-72(115)54(37-98)91-75(118)61(40(5)99)93-68(111)50(27-30-122-8)88-69(112)52(33-43-15-10-9-11-16-43)84-59(106)35-82-58(105)34-83-64(107)46(79)32-44-19-21-45(102)22-20-44/h9-11,15-16,19-22,38-42,46-55,60-63,97-102H,12-14,17-18,23-37,78-79H2,1-8H3,(H2,80,103)(H2,81,104)(H,82,105)(H,83,107)(H,84,106)(H,85,109)(H,86,115)(H,87,114)(H,88,112)(H,89,116)(H,90,108)(H,91,118)(H,92,113)(H,93,111)(H,94,110)(H,95,117)(H,120,121)/t40-,41-,42-,46+,47+,48+,49+,50+,51+,52+,53+,54+,55+,60+,61+,62+,63+/m1/s1. The highest BCUT2D eigenvalue weighted by Crippen LogP contribution is 2.22. The number of aliphatic hydroxyl groups is 5. The number of amides is 17. The average Bonchev–Trinajstić information content (AvgIpc) is 1.63. The van der Waals surface area contributed by atoms with Gasteiger partial charge in [0, 0.05) is 25.8 Å². The first kappa shape index (κ1) is 105. The monoisotopic (exact) mass is 1740 g/mol. The van der Waals surface area contributed by atoms with E-state index in [1.165, 1.54) is 23.9 Å². The van der Waals surface area contributed by atoms with Gasteiger partial charge in [0.25, 0.3) is 0 Å². The normalized spacial score (nSPS) is 16.4. The van der Waals surface area contributed by atoms with Gasteiger partial charge in [0.2, 0.25) is 100 Å². The predicted molar refractivity (Wildman–Crippen MR) is 438 cm³/mol. The molecule has 0 aliphatic carbocycles. The third kappa shape index (κ3) is 36.6. The quantitative estimate of drug-likeness (QED) is 0.0274. The molecule has 0 unspecified atom stereocenters. The van der Waals surface area contributed by atoms with Crippen molar-refractivity contribution in [2.24, 2.45) is 34.8 Å². The Kier molecular flexibility index (Phi) is 46.0. The molecular weight excluding hydrogens is 1620 g/mol. The van der Waals surface area contributed by atoms with Gasteiger partial charge in [-0.2, -0.15) is 11.8 Å². The number of phenols is 1. The van der Waals surface area contributed by atoms with Gasteiger partial charge in [-0.15, -0.1) is 0 Å². The van der Waals surface area contributed by atoms with Crippen LogP contribution in [0.5, 0.6) is 5.75 Å². The first-order valence-electron chi connectivity index (χ1n) is 39.8. The lowest BCUT2D eigenvalue weighted by Crippen LogP contribution is -2.63. The van der Waals surface area contributed by atoms with Gasteiger partial charge < -0.3 is 138 Å². The molecule has 680 valence electrons. The summed E-state index contributed by atoms with van der Waals surface area (Å²) in [5.41, 5.74) is 23.8. The number of phenolic OH excluding ortho intramolecular Hbond substituents is 1. The first-order valence-corrected chi connectivity index (χ1v) is 41.2. The van der Waals surface area contributed by atoms with Crippen LogP contribution in [0.15, 0.2) is 54.6 Å². The predicted octanol–water partition coefficient (Wildman–Crippen LogP) is -9.13. The average molecular weight is 1740 g/mol. The van der Waals surface area contributed by atoms with Crippen molar-refractivity contribution < 1.29 is 122 Å². The highest BCUT2D eigenvalue weighted by Gasteiger charge is 2.43. The largest absolute Gasteiger partial charge is 0.508 e. The highest BCUT2D eigenvalue weighted by molar-refractivity contribution is 7.98. The van der Waals surface area contributed by atoms with E-state index in [-0.39, 0.29) is 88.3 Å². The number of unbranched alkanes of at least 4 members (excludes halogenated alkanes) is 1. The van der Waals surface area contributed by atoms with Crippen molar-refractivity contribution in [3.8, 4) is 5.75 Å². The van der Waals surface area contributed by atoms with Gasteiger partial charge in [0.1, 0.15) is 78.3 Å². The lowest BCUT2D eigenvalue weighted by Gasteiger charge is -2.32. The number of carbonyl (C=O) groups is 18. The van der Waals surface area contributed by atoms with Gasteiger partial charge in [-0.25, -0.2) is 4.79 Å². The molecule has 29 N–H and O–H groups in total. The molecule has 17 amide bonds. The van der Waals surface area contributed by atoms with Crippen LogP contribution in [0.1, 0.15) is 130 Å². The Hall–Kier alpha value is -11.2. The van der Waals surface area contributed by atoms with E-state index in [2.05, 4.69) is 74.4 Å². The van der Waals surface area contributed by atoms with Crippen molar-refractivity contribution in [2.75, 3.05) is 51.4 Å². The minimum absolute atomic E-state index is 0.00661. The number of rotatable bonds is 55. The smallest absolute Gasteiger partial charge is 0.328 e. The highest BCUT2D eigenvalue weighted by atomic mass is 32.2. The third-order valence-electron chi connectivity index (χ3n) is 19.2. The summed E-state index contributed by atoms with van der Waals surface area (Å²) >= 11 is 1.25. The number of carboxylic acids is 1. The fourth-order valence-electron chi connectivity index (χ4n) is 12.4. The van der Waals surface area contributed by atoms with Gasteiger partial charge in [0.15, 0.2) is 6.04 Å². The van der Waals surface area contributed by atoms with Crippen LogP contribution in [-0.4, -0.2) is 301 Å². The Labute approximate surface area is 709 Å². The minimum atomic E-state index is -2.02. The Balaban J connectivity index is 1.81. The summed E-state index contributed by atoms with van der Waals surface area (Å²) in [6, 6.07) is -8.75. The summed E-state index contributed by atoms with van der Waals surface area (Å²) in [6.07, 6.45) is -5.79. The molecular formula is C77H121N19O25S. The summed E-state index contributed by atoms with van der Waals surface area (Å²) in [7, 11) is 0. The van der Waals surface area contributed by atoms with Crippen molar-refractivity contribution in [1.82, 2.24) is 79.3 Å². The number of carbonyl (C=O) groups excluding carboxylic acids is 17. The second kappa shape index (κ2) is 53.5. The maximum atomic E-state index is 14.4. The second-order valence-corrected chi connectivity index (χ2v) is 31.2. The third-order valence-corrected chi connectivity index (χ3v) is 19.8. The molecule has 1 heterocycles. The molecule has 1 aliphatic heterocycles. The Morgan fingerprint density at radius 2 is 0.902 bits per heavy atom. The number of hydrogen-bond donors (Lipinski definition) is 25. The number of likely N-dealkylation sites (tertiary alicyclic amines) is 1. The summed E-state index contributed by atoms with van der Waals surface area (Å²) < 4.78 is 0. The molecule has 0 radical (unpaired) electrons. The van der Waals surface area contributed by atoms with Crippen LogP contribution in [0.3, 0.4) is 0 Å². The molecule has 122 heavy (non-hydrogen) atoms. The molecule has 1 fully saturated rings. The molecule has 2 aromatic rings. The molecule has 0 bridgehead atoms. The molecule has 0 spiro atoms. The number of thioether (sulfide) groups is 1. The number of nitrogens with zero attached hydrogens (tertiary/aromatic N) is 1. The van der Waals surface area contributed by atoms with Crippen molar-refractivity contribution in [3.63, 3.8) is 0 Å². The SMILES string of the molecule is CSCC[C@H](NC(=O)[C@H](Cc1ccccc1)NC(=O)CNC(=O)CNC(=O)[C@@H](N)Cc1ccc(O)cc1)C(=O)N[C@H](C(=O)N[C@@H](CO)C(=O)N[C@@H](CCC(N)=O)C(=O)N[C@@H](CCCCN)C(=O)N[C@@H](CO)C(=O)N[C@@H](CCC(N)=O)C(=O)N[C@H](C(=O)N1CCC[C@H]1C(=O)N[C@@H](CC(C)C)C(=O)N[C@H](C(=O)N[C@H](C(=O)O)[C@@H](C)O)C(C)C)[C@@H](C)O)[C@@H](C)O. The molecule has 17 atom stereocenters. The summed E-state index contributed by atoms with van der Waals surface area (Å²) in [5.74, 6) is -19.9. The number of aliphatic carboxylic acids is 1. The van der Waals surface area contributed by atoms with E-state index >= 15 is 0 Å². The molecule has 1 aliphatic rings. The fraction of sp³-hybridized carbons (Fsp3) is 0.610. The maximum absolute atomic E-state index is 14.4. The molecule has 44 nitrogen and oxygen atoms in total. The number of carboxylic acid groups (broad SMARTS) is 1. The summed E-state index contributed by atoms with van der Waals surface area (Å²) in [5, 5.41) is 105. The summed E-state index contributed by atoms with van der Waals surface area (Å²) in [4.78, 5) is 245. The van der Waals surface area contributed by atoms with Crippen LogP contribution in [-0.2, 0) is 99.1 Å². The lowest BCUT2D eigenvalue weighted by molar-refractivity contribution is -0.145. The van der Waals surface area contributed by atoms with Gasteiger partial charge in [-0.05, 0) is 139 Å². The van der Waals surface area contributed by atoms with Gasteiger partial charge >= 0.3 is 5.97 Å². The van der Waals surface area contributed by atoms with Crippen molar-refractivity contribution in [2.45, 2.75) is 235 Å². The zero-order chi connectivity index (χ0) is 91.8. The van der Waals surface area contributed by atoms with E-state index in [0.717, 1.165) is 25.7 Å². The fourth-order valence-corrected chi connectivity index (χ4v) is 12.9. The number of aliphatic hydroxyl groups excluding tert-OH is 5. The number of hydrogen-bond acceptors (Lipinski definition) is 27. The van der Waals surface area contributed by atoms with E-state index in [9.17, 15) is 122 Å². The topological polar surface area (TPSA) is 725 Å². The van der Waals surface area contributed by atoms with E-state index in [4.69, 9.17) is 22.9 Å². The van der Waals surface area contributed by atoms with Gasteiger partial charge in [-0.1, -0.05) is 70.2 Å². The Morgan fingerprint density at radius 3 is 1.39 bits per heavy atom. The van der Waals surface area contributed by atoms with Crippen LogP contribution in [0.25, 0.3) is 0 Å². The van der Waals surface area contributed by atoms with Crippen LogP contribution in [0.4, 0.5) is 0 Å². The lowest BCUT2D eigenvalue weighted by atomic mass is 9.99. The zero-order valence-corrected chi connectivity index (χ0v) is 70.3. The van der Waals surface area contributed by atoms with E-state index in [0.29, 0.717) is 11.1 Å². The first-order chi connectivity index (χ1) is 57.5. The van der Waals surface area contributed by atoms with Crippen LogP contribution in [0.2, 0.25) is 0 Å². The summed E-state index contributed by atoms with van der Waals surface area (Å²) in [6.45, 7) is 6.09. The molecule has 45 heteroatoms. The Morgan fingerprint density at radius 1 is 0.467 bits per heavy atom. The van der Waals surface area contributed by atoms with Crippen LogP contribution < -0.4 is 97.4 Å². The van der Waals surface area contributed by atoms with Crippen LogP contribution in [0, 0.1) is 11.8 Å². The second-order valence-electron chi connectivity index (χ2n) is 30.2. The van der Waals surface area contributed by atoms with E-state index in [1.807, 2.05) is 0 Å². The van der Waals surface area contributed by atoms with E-state index in [1.54, 1.807) is 76.4 Å². The zero-order valence-electron chi connectivity index (χ0n) is 69.5. The van der Waals surface area contributed by atoms with Gasteiger partial charge in [-0.3, -0.25) is 81.5 Å². The molecule has 1 saturated heterocycles.